The summed E-state index contributed by atoms with van der Waals surface area (Å²) in [6.07, 6.45) is 1.69. The van der Waals surface area contributed by atoms with Crippen molar-refractivity contribution in [1.82, 2.24) is 19.5 Å². The van der Waals surface area contributed by atoms with Crippen molar-refractivity contribution < 1.29 is 5.11 Å². The highest BCUT2D eigenvalue weighted by Gasteiger charge is 2.22. The molecule has 1 aromatic carbocycles. The van der Waals surface area contributed by atoms with Crippen LogP contribution in [0.4, 0.5) is 0 Å². The monoisotopic (exact) mass is 340 g/mol. The summed E-state index contributed by atoms with van der Waals surface area (Å²) in [5.41, 5.74) is 2.35. The van der Waals surface area contributed by atoms with Crippen molar-refractivity contribution in [2.45, 2.75) is 33.0 Å². The lowest BCUT2D eigenvalue weighted by Crippen LogP contribution is -2.41. The highest BCUT2D eigenvalue weighted by Crippen LogP contribution is 2.17. The van der Waals surface area contributed by atoms with Crippen molar-refractivity contribution >= 4 is 5.65 Å². The second kappa shape index (κ2) is 7.63. The number of nitrogens with zero attached hydrogens (tertiary/aromatic N) is 3. The molecule has 0 aliphatic carbocycles. The number of benzene rings is 1. The van der Waals surface area contributed by atoms with Crippen LogP contribution in [0.1, 0.15) is 25.1 Å². The Hall–Kier alpha value is -2.44. The first-order valence-corrected chi connectivity index (χ1v) is 8.53. The number of fused-ring (bicyclic) bond motifs is 1. The van der Waals surface area contributed by atoms with Crippen LogP contribution in [0.3, 0.4) is 0 Å². The van der Waals surface area contributed by atoms with Gasteiger partial charge in [-0.1, -0.05) is 44.2 Å². The van der Waals surface area contributed by atoms with Crippen molar-refractivity contribution in [1.29, 1.82) is 0 Å². The number of hydrogen-bond acceptors (Lipinski definition) is 4. The third-order valence-electron chi connectivity index (χ3n) is 4.45. The van der Waals surface area contributed by atoms with Gasteiger partial charge in [0.2, 0.25) is 0 Å². The number of aliphatic hydroxyl groups excluding tert-OH is 1. The molecule has 0 radical (unpaired) electrons. The summed E-state index contributed by atoms with van der Waals surface area (Å²) in [6, 6.07) is 13.5. The minimum atomic E-state index is -0.130. The van der Waals surface area contributed by atoms with Crippen LogP contribution >= 0.6 is 0 Å². The lowest BCUT2D eigenvalue weighted by molar-refractivity contribution is 0.0774. The summed E-state index contributed by atoms with van der Waals surface area (Å²) in [4.78, 5) is 18.9. The van der Waals surface area contributed by atoms with E-state index in [0.29, 0.717) is 24.4 Å². The van der Waals surface area contributed by atoms with E-state index >= 15 is 0 Å². The molecular weight excluding hydrogens is 316 g/mol. The van der Waals surface area contributed by atoms with Crippen molar-refractivity contribution in [3.8, 4) is 0 Å². The van der Waals surface area contributed by atoms with Gasteiger partial charge in [0.1, 0.15) is 0 Å². The number of aromatic amines is 1. The van der Waals surface area contributed by atoms with Gasteiger partial charge in [0.15, 0.2) is 5.65 Å². The Morgan fingerprint density at radius 2 is 1.96 bits per heavy atom. The van der Waals surface area contributed by atoms with Gasteiger partial charge in [0.25, 0.3) is 5.56 Å². The molecule has 0 fully saturated rings. The maximum Gasteiger partial charge on any atom is 0.272 e. The quantitative estimate of drug-likeness (QED) is 0.690. The lowest BCUT2D eigenvalue weighted by Gasteiger charge is -2.33. The number of rotatable bonds is 7. The number of hydrogen-bond donors (Lipinski definition) is 2. The van der Waals surface area contributed by atoms with Crippen molar-refractivity contribution in [2.24, 2.45) is 5.92 Å². The second-order valence-electron chi connectivity index (χ2n) is 6.63. The van der Waals surface area contributed by atoms with Crippen LogP contribution in [0.25, 0.3) is 5.65 Å². The van der Waals surface area contributed by atoms with E-state index in [-0.39, 0.29) is 24.1 Å². The Bertz CT molecular complexity index is 870. The molecular formula is C19H24N4O2. The summed E-state index contributed by atoms with van der Waals surface area (Å²) in [7, 11) is 0. The van der Waals surface area contributed by atoms with Gasteiger partial charge in [-0.15, -0.1) is 0 Å². The van der Waals surface area contributed by atoms with Gasteiger partial charge in [-0.25, -0.2) is 9.50 Å². The summed E-state index contributed by atoms with van der Waals surface area (Å²) in [5.74, 6) is 0.283. The van der Waals surface area contributed by atoms with Crippen LogP contribution in [0.2, 0.25) is 0 Å². The normalized spacial score (nSPS) is 13.0. The zero-order chi connectivity index (χ0) is 17.8. The van der Waals surface area contributed by atoms with Crippen molar-refractivity contribution in [3.05, 3.63) is 70.3 Å². The predicted octanol–water partition coefficient (Wildman–Crippen LogP) is 2.04. The Morgan fingerprint density at radius 1 is 1.20 bits per heavy atom. The largest absolute Gasteiger partial charge is 0.395 e. The van der Waals surface area contributed by atoms with Gasteiger partial charge < -0.3 is 5.11 Å². The number of nitrogens with one attached hydrogen (secondary N) is 1. The van der Waals surface area contributed by atoms with Crippen molar-refractivity contribution in [3.63, 3.8) is 0 Å². The molecule has 0 aliphatic heterocycles. The van der Waals surface area contributed by atoms with Gasteiger partial charge in [0.05, 0.1) is 12.3 Å². The van der Waals surface area contributed by atoms with Gasteiger partial charge in [0, 0.05) is 37.5 Å². The molecule has 132 valence electrons. The first kappa shape index (κ1) is 17.4. The predicted molar refractivity (Wildman–Crippen MR) is 97.2 cm³/mol. The van der Waals surface area contributed by atoms with Crippen LogP contribution in [-0.2, 0) is 13.1 Å². The number of aromatic nitrogens is 3. The van der Waals surface area contributed by atoms with Crippen LogP contribution in [-0.4, -0.2) is 37.3 Å². The molecule has 0 amide bonds. The molecule has 6 heteroatoms. The summed E-state index contributed by atoms with van der Waals surface area (Å²) in [5, 5.41) is 12.7. The molecule has 0 unspecified atom stereocenters. The molecule has 2 aromatic heterocycles. The Morgan fingerprint density at radius 3 is 2.64 bits per heavy atom. The first-order chi connectivity index (χ1) is 12.1. The smallest absolute Gasteiger partial charge is 0.272 e. The van der Waals surface area contributed by atoms with E-state index in [0.717, 1.165) is 0 Å². The molecule has 1 atom stereocenters. The van der Waals surface area contributed by atoms with E-state index in [1.54, 1.807) is 18.3 Å². The number of aliphatic hydroxyl groups is 1. The van der Waals surface area contributed by atoms with Crippen LogP contribution in [0, 0.1) is 5.92 Å². The summed E-state index contributed by atoms with van der Waals surface area (Å²) < 4.78 is 1.41. The van der Waals surface area contributed by atoms with E-state index in [9.17, 15) is 9.90 Å². The standard InChI is InChI=1S/C19H24N4O2/c1-14(2)17(13-24)22(11-15-6-4-3-5-7-15)12-16-10-19(25)23-18(21-16)8-9-20-23/h3-10,14,17,20,24H,11-13H2,1-2H3/t17-/m0/s1. The molecule has 3 aromatic rings. The minimum absolute atomic E-state index is 0.00770. The SMILES string of the molecule is CC(C)[C@H](CO)N(Cc1ccccc1)Cc1cc(=O)n2[nH]ccc2n1. The molecule has 6 nitrogen and oxygen atoms in total. The lowest BCUT2D eigenvalue weighted by atomic mass is 10.0. The topological polar surface area (TPSA) is 73.6 Å². The maximum atomic E-state index is 12.2. The maximum absolute atomic E-state index is 12.2. The highest BCUT2D eigenvalue weighted by atomic mass is 16.3. The molecule has 0 saturated heterocycles. The fourth-order valence-electron chi connectivity index (χ4n) is 3.12. The first-order valence-electron chi connectivity index (χ1n) is 8.53. The summed E-state index contributed by atoms with van der Waals surface area (Å²) >= 11 is 0. The molecule has 0 spiro atoms. The van der Waals surface area contributed by atoms with Gasteiger partial charge >= 0.3 is 0 Å². The van der Waals surface area contributed by atoms with Crippen LogP contribution in [0.5, 0.6) is 0 Å². The minimum Gasteiger partial charge on any atom is -0.395 e. The van der Waals surface area contributed by atoms with E-state index in [2.05, 4.69) is 41.0 Å². The Kier molecular flexibility index (Phi) is 5.31. The zero-order valence-corrected chi connectivity index (χ0v) is 14.6. The van der Waals surface area contributed by atoms with Gasteiger partial charge in [-0.2, -0.15) is 0 Å². The highest BCUT2D eigenvalue weighted by molar-refractivity contribution is 5.36. The van der Waals surface area contributed by atoms with Crippen LogP contribution in [0.15, 0.2) is 53.5 Å². The third-order valence-corrected chi connectivity index (χ3v) is 4.45. The molecule has 2 heterocycles. The van der Waals surface area contributed by atoms with E-state index in [4.69, 9.17) is 0 Å². The summed E-state index contributed by atoms with van der Waals surface area (Å²) in [6.45, 7) is 5.45. The molecule has 0 saturated carbocycles. The molecule has 3 rings (SSSR count). The zero-order valence-electron chi connectivity index (χ0n) is 14.6. The Labute approximate surface area is 146 Å². The average Bonchev–Trinajstić information content (AvgIpc) is 3.05. The fraction of sp³-hybridized carbons (Fsp3) is 0.368. The molecule has 25 heavy (non-hydrogen) atoms. The molecule has 0 aliphatic rings. The van der Waals surface area contributed by atoms with E-state index in [1.807, 2.05) is 18.2 Å². The van der Waals surface area contributed by atoms with E-state index in [1.165, 1.54) is 10.1 Å². The van der Waals surface area contributed by atoms with Crippen LogP contribution < -0.4 is 5.56 Å². The molecule has 0 bridgehead atoms. The fourth-order valence-corrected chi connectivity index (χ4v) is 3.12. The van der Waals surface area contributed by atoms with Gasteiger partial charge in [-0.05, 0) is 11.5 Å². The Balaban J connectivity index is 1.91. The number of H-pyrrole nitrogens is 1. The molecule has 2 N–H and O–H groups in total. The third kappa shape index (κ3) is 3.97. The second-order valence-corrected chi connectivity index (χ2v) is 6.63. The van der Waals surface area contributed by atoms with Crippen molar-refractivity contribution in [2.75, 3.05) is 6.61 Å². The van der Waals surface area contributed by atoms with E-state index < -0.39 is 0 Å². The average molecular weight is 340 g/mol. The van der Waals surface area contributed by atoms with Gasteiger partial charge in [-0.3, -0.25) is 14.8 Å².